The van der Waals surface area contributed by atoms with Crippen LogP contribution in [0, 0.1) is 0 Å². The molecule has 0 saturated carbocycles. The number of benzene rings is 4. The minimum absolute atomic E-state index is 0.196. The van der Waals surface area contributed by atoms with Gasteiger partial charge in [0.15, 0.2) is 0 Å². The van der Waals surface area contributed by atoms with Crippen molar-refractivity contribution in [2.45, 2.75) is 63.4 Å². The van der Waals surface area contributed by atoms with Crippen LogP contribution < -0.4 is 0 Å². The molecule has 5 atom stereocenters. The molecule has 1 aliphatic rings. The SMILES string of the molecule is O=C(O)C[C@H]1O[C@H](COCc2ccccc2)[C@H](OCc2ccccc2)[C@H](OCc2ccccc2)[C@H]1OCc1ccccc1. The first kappa shape index (κ1) is 30.6. The van der Waals surface area contributed by atoms with Gasteiger partial charge in [-0.05, 0) is 22.3 Å². The number of rotatable bonds is 15. The lowest BCUT2D eigenvalue weighted by Gasteiger charge is -2.46. The minimum atomic E-state index is -0.979. The predicted molar refractivity (Wildman–Crippen MR) is 162 cm³/mol. The van der Waals surface area contributed by atoms with Gasteiger partial charge in [-0.15, -0.1) is 0 Å². The molecule has 1 aliphatic heterocycles. The summed E-state index contributed by atoms with van der Waals surface area (Å²) in [7, 11) is 0. The first-order valence-electron chi connectivity index (χ1n) is 14.6. The summed E-state index contributed by atoms with van der Waals surface area (Å²) in [6.07, 6.45) is -3.53. The number of carboxylic acid groups (broad SMARTS) is 1. The molecule has 43 heavy (non-hydrogen) atoms. The van der Waals surface area contributed by atoms with E-state index in [1.807, 2.05) is 121 Å². The van der Waals surface area contributed by atoms with Gasteiger partial charge in [-0.25, -0.2) is 0 Å². The molecular formula is C36H38O7. The Balaban J connectivity index is 1.42. The number of ether oxygens (including phenoxy) is 5. The fourth-order valence-electron chi connectivity index (χ4n) is 5.22. The highest BCUT2D eigenvalue weighted by molar-refractivity contribution is 5.67. The molecule has 0 spiro atoms. The van der Waals surface area contributed by atoms with E-state index >= 15 is 0 Å². The van der Waals surface area contributed by atoms with Crippen LogP contribution in [0.1, 0.15) is 28.7 Å². The Morgan fingerprint density at radius 1 is 0.535 bits per heavy atom. The molecular weight excluding hydrogens is 544 g/mol. The lowest BCUT2D eigenvalue weighted by atomic mass is 9.92. The average molecular weight is 583 g/mol. The summed E-state index contributed by atoms with van der Waals surface area (Å²) in [4.78, 5) is 12.0. The van der Waals surface area contributed by atoms with E-state index in [1.165, 1.54) is 0 Å². The molecule has 7 heteroatoms. The van der Waals surface area contributed by atoms with Crippen LogP contribution in [0.4, 0.5) is 0 Å². The molecule has 0 amide bonds. The van der Waals surface area contributed by atoms with Crippen LogP contribution in [0.5, 0.6) is 0 Å². The third kappa shape index (κ3) is 9.32. The van der Waals surface area contributed by atoms with E-state index in [2.05, 4.69) is 0 Å². The molecule has 1 saturated heterocycles. The number of hydrogen-bond acceptors (Lipinski definition) is 6. The molecule has 7 nitrogen and oxygen atoms in total. The normalized spacial score (nSPS) is 21.8. The predicted octanol–water partition coefficient (Wildman–Crippen LogP) is 6.20. The van der Waals surface area contributed by atoms with Crippen LogP contribution in [0.15, 0.2) is 121 Å². The lowest BCUT2D eigenvalue weighted by Crippen LogP contribution is -2.61. The highest BCUT2D eigenvalue weighted by Gasteiger charge is 2.49. The monoisotopic (exact) mass is 582 g/mol. The summed E-state index contributed by atoms with van der Waals surface area (Å²) in [5, 5.41) is 9.85. The third-order valence-corrected chi connectivity index (χ3v) is 7.36. The van der Waals surface area contributed by atoms with Gasteiger partial charge in [0.25, 0.3) is 0 Å². The van der Waals surface area contributed by atoms with Gasteiger partial charge in [-0.3, -0.25) is 4.79 Å². The van der Waals surface area contributed by atoms with Crippen LogP contribution >= 0.6 is 0 Å². The van der Waals surface area contributed by atoms with Gasteiger partial charge in [0.1, 0.15) is 24.4 Å². The Morgan fingerprint density at radius 2 is 0.907 bits per heavy atom. The second kappa shape index (κ2) is 16.1. The van der Waals surface area contributed by atoms with Crippen molar-refractivity contribution in [1.29, 1.82) is 0 Å². The molecule has 4 aromatic carbocycles. The Morgan fingerprint density at radius 3 is 1.33 bits per heavy atom. The van der Waals surface area contributed by atoms with Crippen LogP contribution in [-0.4, -0.2) is 48.2 Å². The van der Waals surface area contributed by atoms with E-state index in [9.17, 15) is 9.90 Å². The molecule has 0 aliphatic carbocycles. The van der Waals surface area contributed by atoms with E-state index in [1.54, 1.807) is 0 Å². The van der Waals surface area contributed by atoms with Crippen LogP contribution in [0.2, 0.25) is 0 Å². The molecule has 0 unspecified atom stereocenters. The Bertz CT molecular complexity index is 1350. The highest BCUT2D eigenvalue weighted by atomic mass is 16.6. The first-order valence-corrected chi connectivity index (χ1v) is 14.6. The molecule has 1 N–H and O–H groups in total. The molecule has 4 aromatic rings. The van der Waals surface area contributed by atoms with E-state index in [0.29, 0.717) is 19.8 Å². The van der Waals surface area contributed by atoms with Crippen molar-refractivity contribution in [3.8, 4) is 0 Å². The van der Waals surface area contributed by atoms with E-state index in [0.717, 1.165) is 22.3 Å². The van der Waals surface area contributed by atoms with Crippen molar-refractivity contribution in [2.75, 3.05) is 6.61 Å². The van der Waals surface area contributed by atoms with E-state index in [-0.39, 0.29) is 19.6 Å². The van der Waals surface area contributed by atoms with Gasteiger partial charge in [0, 0.05) is 0 Å². The summed E-state index contributed by atoms with van der Waals surface area (Å²) < 4.78 is 32.2. The molecule has 224 valence electrons. The van der Waals surface area contributed by atoms with Crippen molar-refractivity contribution in [2.24, 2.45) is 0 Å². The summed E-state index contributed by atoms with van der Waals surface area (Å²) in [6, 6.07) is 39.4. The molecule has 0 bridgehead atoms. The number of carbonyl (C=O) groups is 1. The average Bonchev–Trinajstić information content (AvgIpc) is 3.04. The lowest BCUT2D eigenvalue weighted by molar-refractivity contribution is -0.273. The molecule has 0 aromatic heterocycles. The minimum Gasteiger partial charge on any atom is -0.481 e. The molecule has 5 rings (SSSR count). The van der Waals surface area contributed by atoms with Crippen molar-refractivity contribution in [3.63, 3.8) is 0 Å². The Hall–Kier alpha value is -3.85. The second-order valence-corrected chi connectivity index (χ2v) is 10.6. The maximum Gasteiger partial charge on any atom is 0.306 e. The standard InChI is InChI=1S/C36H38O7/c37-33(38)21-31-34(40-23-28-15-7-2-8-16-28)36(42-25-30-19-11-4-12-20-30)35(41-24-29-17-9-3-10-18-29)32(43-31)26-39-22-27-13-5-1-6-14-27/h1-20,31-32,34-36H,21-26H2,(H,37,38)/t31-,32-,34+,35+,36-/m1/s1. The van der Waals surface area contributed by atoms with E-state index in [4.69, 9.17) is 23.7 Å². The van der Waals surface area contributed by atoms with Crippen molar-refractivity contribution >= 4 is 5.97 Å². The third-order valence-electron chi connectivity index (χ3n) is 7.36. The fraction of sp³-hybridized carbons (Fsp3) is 0.306. The second-order valence-electron chi connectivity index (χ2n) is 10.6. The van der Waals surface area contributed by atoms with Crippen molar-refractivity contribution in [3.05, 3.63) is 144 Å². The quantitative estimate of drug-likeness (QED) is 0.179. The smallest absolute Gasteiger partial charge is 0.306 e. The van der Waals surface area contributed by atoms with Crippen molar-refractivity contribution < 1.29 is 33.6 Å². The highest BCUT2D eigenvalue weighted by Crippen LogP contribution is 2.32. The number of hydrogen-bond donors (Lipinski definition) is 1. The maximum atomic E-state index is 12.0. The zero-order valence-corrected chi connectivity index (χ0v) is 24.1. The summed E-state index contributed by atoms with van der Waals surface area (Å²) in [5.41, 5.74) is 3.99. The van der Waals surface area contributed by atoms with Gasteiger partial charge < -0.3 is 28.8 Å². The van der Waals surface area contributed by atoms with Gasteiger partial charge in [-0.2, -0.15) is 0 Å². The molecule has 1 fully saturated rings. The topological polar surface area (TPSA) is 83.5 Å². The largest absolute Gasteiger partial charge is 0.481 e. The zero-order chi connectivity index (χ0) is 29.7. The van der Waals surface area contributed by atoms with Gasteiger partial charge in [0.05, 0.1) is 45.6 Å². The summed E-state index contributed by atoms with van der Waals surface area (Å²) in [6.45, 7) is 1.49. The molecule has 1 heterocycles. The van der Waals surface area contributed by atoms with Crippen LogP contribution in [0.25, 0.3) is 0 Å². The van der Waals surface area contributed by atoms with Gasteiger partial charge in [-0.1, -0.05) is 121 Å². The Kier molecular flexibility index (Phi) is 11.5. The van der Waals surface area contributed by atoms with Crippen molar-refractivity contribution in [1.82, 2.24) is 0 Å². The molecule has 0 radical (unpaired) electrons. The van der Waals surface area contributed by atoms with Crippen LogP contribution in [-0.2, 0) is 54.9 Å². The van der Waals surface area contributed by atoms with Gasteiger partial charge in [0.2, 0.25) is 0 Å². The van der Waals surface area contributed by atoms with Gasteiger partial charge >= 0.3 is 5.97 Å². The number of carboxylic acids is 1. The summed E-state index contributed by atoms with van der Waals surface area (Å²) >= 11 is 0. The maximum absolute atomic E-state index is 12.0. The first-order chi connectivity index (χ1) is 21.2. The fourth-order valence-corrected chi connectivity index (χ4v) is 5.22. The number of aliphatic carboxylic acids is 1. The summed E-state index contributed by atoms with van der Waals surface area (Å²) in [5.74, 6) is -0.979. The van der Waals surface area contributed by atoms with E-state index < -0.39 is 36.5 Å². The Labute approximate surface area is 252 Å². The van der Waals surface area contributed by atoms with Crippen LogP contribution in [0.3, 0.4) is 0 Å². The zero-order valence-electron chi connectivity index (χ0n) is 24.1.